The maximum Gasteiger partial charge on any atom is 0.306 e. The van der Waals surface area contributed by atoms with Gasteiger partial charge in [-0.15, -0.1) is 0 Å². The second-order valence-electron chi connectivity index (χ2n) is 20.1. The number of phosphoric ester groups is 1. The van der Waals surface area contributed by atoms with Crippen LogP contribution in [0.15, 0.2) is 36.5 Å². The molecule has 0 aromatic heterocycles. The van der Waals surface area contributed by atoms with E-state index in [9.17, 15) is 19.0 Å². The Morgan fingerprint density at radius 2 is 0.909 bits per heavy atom. The molecule has 0 fully saturated rings. The SMILES string of the molecule is CCCCC/C=C/C=C/CCCCCCCCC(=O)NC(COP(=O)([O-])OCC[N+](C)(C)C)C(/C=C/CCCCCCCCCCC)OC(=O)CCCCCCCCCCCCCCCC. The Morgan fingerprint density at radius 1 is 0.530 bits per heavy atom. The Balaban J connectivity index is 5.36. The highest BCUT2D eigenvalue weighted by Crippen LogP contribution is 2.38. The Bertz CT molecular complexity index is 1230. The molecular formula is C56H107N2O7P. The summed E-state index contributed by atoms with van der Waals surface area (Å²) in [5, 5.41) is 3.01. The van der Waals surface area contributed by atoms with Crippen LogP contribution in [0, 0.1) is 0 Å². The summed E-state index contributed by atoms with van der Waals surface area (Å²) in [5.41, 5.74) is 0. The van der Waals surface area contributed by atoms with Gasteiger partial charge in [0.2, 0.25) is 5.91 Å². The second-order valence-corrected chi connectivity index (χ2v) is 21.5. The van der Waals surface area contributed by atoms with E-state index in [1.807, 2.05) is 33.3 Å². The number of amides is 1. The number of nitrogens with one attached hydrogen (secondary N) is 1. The molecule has 3 unspecified atom stereocenters. The zero-order chi connectivity index (χ0) is 48.7. The van der Waals surface area contributed by atoms with Crippen LogP contribution in [-0.4, -0.2) is 69.4 Å². The molecule has 388 valence electrons. The van der Waals surface area contributed by atoms with Crippen molar-refractivity contribution in [2.75, 3.05) is 40.9 Å². The van der Waals surface area contributed by atoms with Crippen LogP contribution in [0.25, 0.3) is 0 Å². The van der Waals surface area contributed by atoms with E-state index < -0.39 is 20.0 Å². The molecule has 0 aliphatic carbocycles. The average Bonchev–Trinajstić information content (AvgIpc) is 3.27. The molecule has 3 atom stereocenters. The van der Waals surface area contributed by atoms with E-state index in [-0.39, 0.29) is 31.5 Å². The molecule has 0 heterocycles. The summed E-state index contributed by atoms with van der Waals surface area (Å²) in [7, 11) is 1.18. The highest BCUT2D eigenvalue weighted by molar-refractivity contribution is 7.45. The highest BCUT2D eigenvalue weighted by Gasteiger charge is 2.27. The third kappa shape index (κ3) is 47.3. The van der Waals surface area contributed by atoms with Crippen molar-refractivity contribution < 1.29 is 37.3 Å². The maximum atomic E-state index is 13.4. The molecule has 0 radical (unpaired) electrons. The fraction of sp³-hybridized carbons (Fsp3) is 0.857. The minimum absolute atomic E-state index is 0.0230. The number of allylic oxidation sites excluding steroid dienone is 5. The number of nitrogens with zero attached hydrogens (tertiary/aromatic N) is 1. The summed E-state index contributed by atoms with van der Waals surface area (Å²) in [4.78, 5) is 39.7. The lowest BCUT2D eigenvalue weighted by atomic mass is 10.0. The lowest BCUT2D eigenvalue weighted by Gasteiger charge is -2.30. The maximum absolute atomic E-state index is 13.4. The minimum atomic E-state index is -4.69. The molecule has 0 saturated carbocycles. The van der Waals surface area contributed by atoms with Crippen molar-refractivity contribution in [3.63, 3.8) is 0 Å². The topological polar surface area (TPSA) is 114 Å². The quantitative estimate of drug-likeness (QED) is 0.0161. The largest absolute Gasteiger partial charge is 0.756 e. The first-order chi connectivity index (χ1) is 31.9. The van der Waals surface area contributed by atoms with Crippen molar-refractivity contribution in [1.82, 2.24) is 5.32 Å². The van der Waals surface area contributed by atoms with Crippen LogP contribution in [-0.2, 0) is 27.9 Å². The van der Waals surface area contributed by atoms with Crippen LogP contribution in [0.2, 0.25) is 0 Å². The number of esters is 1. The van der Waals surface area contributed by atoms with Gasteiger partial charge in [0.25, 0.3) is 7.82 Å². The molecule has 0 aromatic carbocycles. The fourth-order valence-corrected chi connectivity index (χ4v) is 8.71. The van der Waals surface area contributed by atoms with Crippen LogP contribution < -0.4 is 10.2 Å². The van der Waals surface area contributed by atoms with E-state index in [0.717, 1.165) is 83.5 Å². The van der Waals surface area contributed by atoms with Crippen LogP contribution in [0.3, 0.4) is 0 Å². The number of quaternary nitrogens is 1. The van der Waals surface area contributed by atoms with Gasteiger partial charge in [0.15, 0.2) is 0 Å². The third-order valence-electron chi connectivity index (χ3n) is 12.4. The number of carbonyl (C=O) groups excluding carboxylic acids is 2. The monoisotopic (exact) mass is 951 g/mol. The normalized spacial score (nSPS) is 14.1. The van der Waals surface area contributed by atoms with Gasteiger partial charge in [-0.05, 0) is 57.4 Å². The number of rotatable bonds is 50. The molecule has 0 aliphatic heterocycles. The third-order valence-corrected chi connectivity index (χ3v) is 13.3. The van der Waals surface area contributed by atoms with Crippen molar-refractivity contribution in [2.45, 2.75) is 270 Å². The fourth-order valence-electron chi connectivity index (χ4n) is 7.98. The van der Waals surface area contributed by atoms with Crippen molar-refractivity contribution in [2.24, 2.45) is 0 Å². The Morgan fingerprint density at radius 3 is 1.36 bits per heavy atom. The molecule has 10 heteroatoms. The van der Waals surface area contributed by atoms with E-state index in [1.165, 1.54) is 141 Å². The zero-order valence-electron chi connectivity index (χ0n) is 44.2. The Hall–Kier alpha value is -1.77. The Kier molecular flexibility index (Phi) is 45.7. The van der Waals surface area contributed by atoms with E-state index in [1.54, 1.807) is 0 Å². The first kappa shape index (κ1) is 64.2. The summed E-state index contributed by atoms with van der Waals surface area (Å²) < 4.78 is 30.2. The highest BCUT2D eigenvalue weighted by atomic mass is 31.2. The van der Waals surface area contributed by atoms with Gasteiger partial charge in [-0.1, -0.05) is 225 Å². The lowest BCUT2D eigenvalue weighted by Crippen LogP contribution is -2.47. The van der Waals surface area contributed by atoms with Gasteiger partial charge in [-0.3, -0.25) is 14.2 Å². The first-order valence-electron chi connectivity index (χ1n) is 27.8. The predicted molar refractivity (Wildman–Crippen MR) is 279 cm³/mol. The van der Waals surface area contributed by atoms with E-state index in [0.29, 0.717) is 17.4 Å². The summed E-state index contributed by atoms with van der Waals surface area (Å²) in [5.74, 6) is -0.548. The molecule has 0 aliphatic rings. The molecule has 0 spiro atoms. The molecule has 0 bridgehead atoms. The van der Waals surface area contributed by atoms with E-state index >= 15 is 0 Å². The van der Waals surface area contributed by atoms with Crippen LogP contribution >= 0.6 is 7.82 Å². The number of phosphoric acid groups is 1. The average molecular weight is 951 g/mol. The molecule has 0 aromatic rings. The smallest absolute Gasteiger partial charge is 0.306 e. The molecule has 66 heavy (non-hydrogen) atoms. The van der Waals surface area contributed by atoms with Gasteiger partial charge in [-0.25, -0.2) is 0 Å². The summed E-state index contributed by atoms with van der Waals surface area (Å²) in [6.07, 6.45) is 53.8. The molecule has 0 rings (SSSR count). The molecule has 1 N–H and O–H groups in total. The number of unbranched alkanes of at least 4 members (excludes halogenated alkanes) is 31. The number of hydrogen-bond acceptors (Lipinski definition) is 7. The van der Waals surface area contributed by atoms with Gasteiger partial charge in [0.05, 0.1) is 33.8 Å². The number of carbonyl (C=O) groups is 2. The molecule has 9 nitrogen and oxygen atoms in total. The predicted octanol–water partition coefficient (Wildman–Crippen LogP) is 15.8. The van der Waals surface area contributed by atoms with Gasteiger partial charge in [-0.2, -0.15) is 0 Å². The van der Waals surface area contributed by atoms with E-state index in [2.05, 4.69) is 50.4 Å². The van der Waals surface area contributed by atoms with Gasteiger partial charge >= 0.3 is 5.97 Å². The summed E-state index contributed by atoms with van der Waals surface area (Å²) in [6, 6.07) is -0.888. The minimum Gasteiger partial charge on any atom is -0.756 e. The van der Waals surface area contributed by atoms with Gasteiger partial charge in [0, 0.05) is 12.8 Å². The van der Waals surface area contributed by atoms with Gasteiger partial charge < -0.3 is 28.5 Å². The van der Waals surface area contributed by atoms with E-state index in [4.69, 9.17) is 13.8 Å². The van der Waals surface area contributed by atoms with Gasteiger partial charge in [0.1, 0.15) is 19.3 Å². The van der Waals surface area contributed by atoms with Crippen LogP contribution in [0.1, 0.15) is 258 Å². The standard InChI is InChI=1S/C56H107N2O7P/c1-7-10-13-16-19-22-25-27-29-30-33-36-39-42-45-48-55(59)57-53(52-64-66(61,62)63-51-50-58(4,5)6)54(47-44-41-38-35-32-24-21-18-15-12-9-3)65-56(60)49-46-43-40-37-34-31-28-26-23-20-17-14-11-8-2/h19,22,25,27,44,47,53-54H,7-18,20-21,23-24,26,28-43,45-46,48-52H2,1-6H3,(H-,57,59,61,62)/b22-19+,27-25+,47-44+. The zero-order valence-corrected chi connectivity index (χ0v) is 45.0. The number of ether oxygens (including phenoxy) is 1. The number of likely N-dealkylation sites (N-methyl/N-ethyl adjacent to an activating group) is 1. The molecular weight excluding hydrogens is 844 g/mol. The lowest BCUT2D eigenvalue weighted by molar-refractivity contribution is -0.870. The van der Waals surface area contributed by atoms with Crippen molar-refractivity contribution >= 4 is 19.7 Å². The summed E-state index contributed by atoms with van der Waals surface area (Å²) >= 11 is 0. The molecule has 1 amide bonds. The van der Waals surface area contributed by atoms with Crippen molar-refractivity contribution in [1.29, 1.82) is 0 Å². The van der Waals surface area contributed by atoms with Crippen molar-refractivity contribution in [3.05, 3.63) is 36.5 Å². The second kappa shape index (κ2) is 46.9. The van der Waals surface area contributed by atoms with Crippen LogP contribution in [0.5, 0.6) is 0 Å². The van der Waals surface area contributed by atoms with Crippen LogP contribution in [0.4, 0.5) is 0 Å². The molecule has 0 saturated heterocycles. The van der Waals surface area contributed by atoms with Crippen molar-refractivity contribution in [3.8, 4) is 0 Å². The first-order valence-corrected chi connectivity index (χ1v) is 29.3. The Labute approximate surface area is 408 Å². The number of hydrogen-bond donors (Lipinski definition) is 1. The summed E-state index contributed by atoms with van der Waals surface area (Å²) in [6.45, 7) is 6.80.